The van der Waals surface area contributed by atoms with Crippen LogP contribution in [0.4, 0.5) is 0 Å². The van der Waals surface area contributed by atoms with E-state index in [0.717, 1.165) is 25.1 Å². The van der Waals surface area contributed by atoms with E-state index in [1.807, 2.05) is 19.1 Å². The van der Waals surface area contributed by atoms with Gasteiger partial charge in [-0.05, 0) is 67.0 Å². The molecule has 7 N–H and O–H groups in total. The average molecular weight is 525 g/mol. The summed E-state index contributed by atoms with van der Waals surface area (Å²) in [7, 11) is 0. The van der Waals surface area contributed by atoms with Gasteiger partial charge in [0.25, 0.3) is 0 Å². The lowest BCUT2D eigenvalue weighted by atomic mass is 9.67. The van der Waals surface area contributed by atoms with Gasteiger partial charge in [-0.15, -0.1) is 17.9 Å². The first kappa shape index (κ1) is 30.9. The number of hydrogen-bond acceptors (Lipinski definition) is 6. The molecule has 1 aliphatic carbocycles. The summed E-state index contributed by atoms with van der Waals surface area (Å²) in [5.74, 6) is 6.18. The van der Waals surface area contributed by atoms with Crippen LogP contribution in [0, 0.1) is 5.41 Å². The molecule has 0 aromatic heterocycles. The lowest BCUT2D eigenvalue weighted by Crippen LogP contribution is -2.38. The number of allylic oxidation sites excluding steroid dienone is 1. The lowest BCUT2D eigenvalue weighted by Gasteiger charge is -2.39. The smallest absolute Gasteiger partial charge is 0.152 e. The van der Waals surface area contributed by atoms with Crippen molar-refractivity contribution in [2.24, 2.45) is 27.2 Å². The van der Waals surface area contributed by atoms with E-state index in [4.69, 9.17) is 11.6 Å². The van der Waals surface area contributed by atoms with Crippen LogP contribution in [-0.2, 0) is 6.42 Å². The molecule has 2 aliphatic rings. The Morgan fingerprint density at radius 3 is 2.16 bits per heavy atom. The van der Waals surface area contributed by atoms with Crippen LogP contribution in [0.2, 0.25) is 0 Å². The van der Waals surface area contributed by atoms with E-state index in [-0.39, 0.29) is 5.41 Å². The number of hydrazine groups is 1. The second-order valence-electron chi connectivity index (χ2n) is 9.88. The van der Waals surface area contributed by atoms with Gasteiger partial charge in [-0.2, -0.15) is 0 Å². The molecule has 1 spiro atoms. The number of nitrogens with two attached hydrogens (primary N) is 3. The maximum absolute atomic E-state index is 6.10. The Hall–Kier alpha value is -2.32. The zero-order valence-electron chi connectivity index (χ0n) is 23.0. The Bertz CT molecular complexity index is 976. The van der Waals surface area contributed by atoms with Gasteiger partial charge in [0.1, 0.15) is 0 Å². The number of nitrogens with one attached hydrogen (secondary N) is 1. The minimum atomic E-state index is 0.259. The molecule has 37 heavy (non-hydrogen) atoms. The van der Waals surface area contributed by atoms with Crippen molar-refractivity contribution in [3.05, 3.63) is 76.9 Å². The van der Waals surface area contributed by atoms with Gasteiger partial charge in [0, 0.05) is 5.56 Å². The van der Waals surface area contributed by atoms with Crippen LogP contribution < -0.4 is 22.0 Å². The first-order valence-electron chi connectivity index (χ1n) is 13.8. The largest absolute Gasteiger partial charge is 0.382 e. The number of nitrogens with zero attached hydrogens (tertiary/aromatic N) is 2. The predicted octanol–water partition coefficient (Wildman–Crippen LogP) is 5.63. The highest BCUT2D eigenvalue weighted by Gasteiger charge is 2.34. The van der Waals surface area contributed by atoms with Crippen LogP contribution in [0.3, 0.4) is 0 Å². The van der Waals surface area contributed by atoms with Gasteiger partial charge in [0.15, 0.2) is 5.84 Å². The second kappa shape index (κ2) is 16.5. The Morgan fingerprint density at radius 1 is 0.946 bits per heavy atom. The van der Waals surface area contributed by atoms with Gasteiger partial charge < -0.3 is 11.1 Å². The lowest BCUT2D eigenvalue weighted by molar-refractivity contribution is 0.268. The Morgan fingerprint density at radius 2 is 1.57 bits per heavy atom. The number of piperidine rings is 1. The Balaban J connectivity index is 0.000000465. The predicted molar refractivity (Wildman–Crippen MR) is 163 cm³/mol. The quantitative estimate of drug-likeness (QED) is 0.0769. The monoisotopic (exact) mass is 524 g/mol. The molecule has 6 nitrogen and oxygen atoms in total. The van der Waals surface area contributed by atoms with Gasteiger partial charge in [-0.1, -0.05) is 101 Å². The van der Waals surface area contributed by atoms with Crippen molar-refractivity contribution in [1.82, 2.24) is 10.4 Å². The molecule has 0 saturated carbocycles. The third-order valence-electron chi connectivity index (χ3n) is 7.16. The first-order chi connectivity index (χ1) is 18.0. The fourth-order valence-corrected chi connectivity index (χ4v) is 5.00. The normalized spacial score (nSPS) is 15.9. The molecule has 2 aromatic rings. The summed E-state index contributed by atoms with van der Waals surface area (Å²) in [6, 6.07) is 17.2. The summed E-state index contributed by atoms with van der Waals surface area (Å²) in [4.78, 5) is 0. The molecule has 1 heterocycles. The Labute approximate surface area is 230 Å². The fourth-order valence-electron chi connectivity index (χ4n) is 5.00. The highest BCUT2D eigenvalue weighted by atomic mass is 32.1. The van der Waals surface area contributed by atoms with E-state index < -0.39 is 0 Å². The number of benzene rings is 2. The number of hydrogen-bond donors (Lipinski definition) is 5. The van der Waals surface area contributed by atoms with Crippen molar-refractivity contribution in [2.45, 2.75) is 72.1 Å². The van der Waals surface area contributed by atoms with Gasteiger partial charge in [0.05, 0.1) is 6.54 Å². The Kier molecular flexibility index (Phi) is 13.8. The third kappa shape index (κ3) is 9.18. The second-order valence-corrected chi connectivity index (χ2v) is 9.88. The molecule has 1 fully saturated rings. The molecule has 0 atom stereocenters. The molecule has 0 bridgehead atoms. The average Bonchev–Trinajstić information content (AvgIpc) is 2.95. The van der Waals surface area contributed by atoms with E-state index in [0.29, 0.717) is 12.4 Å². The van der Waals surface area contributed by atoms with Crippen LogP contribution >= 0.6 is 12.8 Å². The van der Waals surface area contributed by atoms with E-state index in [9.17, 15) is 0 Å². The van der Waals surface area contributed by atoms with Crippen LogP contribution in [0.25, 0.3) is 5.57 Å². The number of thiol groups is 1. The molecular formula is C30H48N6S. The fraction of sp³-hybridized carbons (Fsp3) is 0.500. The summed E-state index contributed by atoms with van der Waals surface area (Å²) in [5, 5.41) is 13.2. The van der Waals surface area contributed by atoms with E-state index in [2.05, 4.69) is 84.7 Å². The highest BCUT2D eigenvalue weighted by Crippen LogP contribution is 2.44. The van der Waals surface area contributed by atoms with E-state index in [1.54, 1.807) is 0 Å². The maximum Gasteiger partial charge on any atom is 0.152 e. The molecule has 4 rings (SSSR count). The number of amidine groups is 1. The zero-order chi connectivity index (χ0) is 27.1. The zero-order valence-corrected chi connectivity index (χ0v) is 23.9. The van der Waals surface area contributed by atoms with E-state index in [1.165, 1.54) is 72.3 Å². The third-order valence-corrected chi connectivity index (χ3v) is 7.16. The van der Waals surface area contributed by atoms with Gasteiger partial charge in [0.2, 0.25) is 0 Å². The molecule has 0 amide bonds. The highest BCUT2D eigenvalue weighted by molar-refractivity contribution is 7.77. The topological polar surface area (TPSA) is 106 Å². The van der Waals surface area contributed by atoms with Gasteiger partial charge in [-0.3, -0.25) is 5.14 Å². The summed E-state index contributed by atoms with van der Waals surface area (Å²) in [6.45, 7) is 9.21. The van der Waals surface area contributed by atoms with Crippen molar-refractivity contribution in [3.63, 3.8) is 0 Å². The molecule has 204 valence electrons. The SMILES string of the molecule is CCCCCCC.CCN(N)/N=C(\N)c1ccc(C2=CC3(CCNCC3)Cc3ccccc32)cc1.NS. The summed E-state index contributed by atoms with van der Waals surface area (Å²) in [6.07, 6.45) is 13.0. The summed E-state index contributed by atoms with van der Waals surface area (Å²) >= 11 is 3.03. The van der Waals surface area contributed by atoms with Crippen LogP contribution in [0.5, 0.6) is 0 Å². The number of hydrazone groups is 1. The molecular weight excluding hydrogens is 476 g/mol. The van der Waals surface area contributed by atoms with Crippen LogP contribution in [-0.4, -0.2) is 30.6 Å². The number of rotatable bonds is 8. The molecule has 1 saturated heterocycles. The van der Waals surface area contributed by atoms with E-state index >= 15 is 0 Å². The van der Waals surface area contributed by atoms with Crippen molar-refractivity contribution in [2.75, 3.05) is 19.6 Å². The molecule has 7 heteroatoms. The summed E-state index contributed by atoms with van der Waals surface area (Å²) < 4.78 is 0. The van der Waals surface area contributed by atoms with Gasteiger partial charge >= 0.3 is 0 Å². The van der Waals surface area contributed by atoms with Crippen LogP contribution in [0.1, 0.15) is 88.0 Å². The van der Waals surface area contributed by atoms with Crippen molar-refractivity contribution in [1.29, 1.82) is 0 Å². The molecule has 0 unspecified atom stereocenters. The van der Waals surface area contributed by atoms with Gasteiger partial charge in [-0.25, -0.2) is 11.0 Å². The first-order valence-corrected chi connectivity index (χ1v) is 14.3. The van der Waals surface area contributed by atoms with Crippen molar-refractivity contribution < 1.29 is 0 Å². The van der Waals surface area contributed by atoms with Crippen molar-refractivity contribution in [3.8, 4) is 0 Å². The molecule has 0 radical (unpaired) electrons. The minimum Gasteiger partial charge on any atom is -0.382 e. The van der Waals surface area contributed by atoms with Crippen LogP contribution in [0.15, 0.2) is 59.7 Å². The standard InChI is InChI=1S/C23H29N5.C7H16.H3NS/c1-2-28(25)27-22(24)18-9-7-17(8-10-18)21-16-23(11-13-26-14-12-23)15-19-5-3-4-6-20(19)21;1-3-5-7-6-4-2;1-2/h3-10,16,26H,2,11-15,25H2,1H3,(H2,24,27);3-7H2,1-2H3;2H,1H2. The maximum atomic E-state index is 6.10. The van der Waals surface area contributed by atoms with Crippen molar-refractivity contribution >= 4 is 24.2 Å². The summed E-state index contributed by atoms with van der Waals surface area (Å²) in [5.41, 5.74) is 12.6. The number of unbranched alkanes of at least 4 members (excludes halogenated alkanes) is 4. The minimum absolute atomic E-state index is 0.259. The molecule has 1 aliphatic heterocycles. The number of fused-ring (bicyclic) bond motifs is 1. The molecule has 2 aromatic carbocycles.